The molecule has 0 spiro atoms. The molecule has 2 heteroatoms. The topological polar surface area (TPSA) is 12.0 Å². The molecule has 0 amide bonds. The third kappa shape index (κ3) is 2.58. The maximum Gasteiger partial charge on any atom is 0.0422 e. The fourth-order valence-electron chi connectivity index (χ4n) is 3.67. The molecule has 1 N–H and O–H groups in total. The molecule has 0 radical (unpaired) electrons. The van der Waals surface area contributed by atoms with Gasteiger partial charge in [-0.1, -0.05) is 61.0 Å². The van der Waals surface area contributed by atoms with Gasteiger partial charge in [0.05, 0.1) is 0 Å². The lowest BCUT2D eigenvalue weighted by molar-refractivity contribution is 0.366. The van der Waals surface area contributed by atoms with Crippen LogP contribution in [0.5, 0.6) is 0 Å². The first-order valence-electron chi connectivity index (χ1n) is 7.40. The van der Waals surface area contributed by atoms with Gasteiger partial charge in [-0.05, 0) is 41.7 Å². The predicted molar refractivity (Wildman–Crippen MR) is 91.2 cm³/mol. The van der Waals surface area contributed by atoms with E-state index in [0.717, 1.165) is 5.92 Å². The fourth-order valence-corrected chi connectivity index (χ4v) is 4.15. The molecule has 2 aromatic rings. The van der Waals surface area contributed by atoms with Crippen molar-refractivity contribution in [3.63, 3.8) is 0 Å². The lowest BCUT2D eigenvalue weighted by Gasteiger charge is -2.21. The second-order valence-corrected chi connectivity index (χ2v) is 7.80. The van der Waals surface area contributed by atoms with Crippen LogP contribution in [0, 0.1) is 11.3 Å². The van der Waals surface area contributed by atoms with Gasteiger partial charge in [-0.25, -0.2) is 0 Å². The number of rotatable bonds is 2. The van der Waals surface area contributed by atoms with Crippen molar-refractivity contribution in [1.82, 2.24) is 0 Å². The minimum Gasteiger partial charge on any atom is -0.382 e. The number of fused-ring (bicyclic) bond motifs is 1. The zero-order valence-corrected chi connectivity index (χ0v) is 14.0. The Morgan fingerprint density at radius 1 is 1.05 bits per heavy atom. The molecule has 2 atom stereocenters. The van der Waals surface area contributed by atoms with Crippen LogP contribution < -0.4 is 5.32 Å². The van der Waals surface area contributed by atoms with E-state index in [9.17, 15) is 0 Å². The van der Waals surface area contributed by atoms with Crippen LogP contribution in [-0.4, -0.2) is 6.04 Å². The van der Waals surface area contributed by atoms with E-state index in [-0.39, 0.29) is 0 Å². The average Bonchev–Trinajstić information content (AvgIpc) is 2.66. The minimum atomic E-state index is 0.461. The summed E-state index contributed by atoms with van der Waals surface area (Å²) >= 11 is 3.65. The lowest BCUT2D eigenvalue weighted by Crippen LogP contribution is -2.22. The van der Waals surface area contributed by atoms with Gasteiger partial charge in [0.1, 0.15) is 0 Å². The first-order valence-corrected chi connectivity index (χ1v) is 8.19. The summed E-state index contributed by atoms with van der Waals surface area (Å²) in [7, 11) is 0. The van der Waals surface area contributed by atoms with Gasteiger partial charge in [0.2, 0.25) is 0 Å². The highest BCUT2D eigenvalue weighted by Crippen LogP contribution is 2.43. The second-order valence-electron chi connectivity index (χ2n) is 6.94. The van der Waals surface area contributed by atoms with E-state index in [4.69, 9.17) is 0 Å². The monoisotopic (exact) mass is 331 g/mol. The van der Waals surface area contributed by atoms with Crippen molar-refractivity contribution in [3.8, 4) is 0 Å². The van der Waals surface area contributed by atoms with Crippen molar-refractivity contribution in [2.24, 2.45) is 11.3 Å². The highest BCUT2D eigenvalue weighted by molar-refractivity contribution is 9.10. The van der Waals surface area contributed by atoms with E-state index in [0.29, 0.717) is 11.5 Å². The van der Waals surface area contributed by atoms with Gasteiger partial charge in [-0.15, -0.1) is 0 Å². The molecule has 0 aromatic heterocycles. The first-order chi connectivity index (χ1) is 9.46. The van der Waals surface area contributed by atoms with E-state index in [2.05, 4.69) is 78.4 Å². The molecule has 0 heterocycles. The van der Waals surface area contributed by atoms with Crippen LogP contribution in [0.3, 0.4) is 0 Å². The number of halogens is 1. The third-order valence-corrected chi connectivity index (χ3v) is 5.24. The van der Waals surface area contributed by atoms with Gasteiger partial charge in [0, 0.05) is 21.6 Å². The molecular formula is C18H22BrN. The zero-order chi connectivity index (χ0) is 14.3. The molecule has 0 saturated heterocycles. The second kappa shape index (κ2) is 5.07. The van der Waals surface area contributed by atoms with Crippen molar-refractivity contribution in [1.29, 1.82) is 0 Å². The summed E-state index contributed by atoms with van der Waals surface area (Å²) < 4.78 is 1.17. The minimum absolute atomic E-state index is 0.461. The molecule has 106 valence electrons. The largest absolute Gasteiger partial charge is 0.382 e. The number of nitrogens with one attached hydrogen (secondary N) is 1. The number of benzene rings is 2. The van der Waals surface area contributed by atoms with Crippen LogP contribution in [-0.2, 0) is 0 Å². The summed E-state index contributed by atoms with van der Waals surface area (Å²) in [6.45, 7) is 7.13. The quantitative estimate of drug-likeness (QED) is 0.728. The van der Waals surface area contributed by atoms with E-state index in [1.807, 2.05) is 0 Å². The summed E-state index contributed by atoms with van der Waals surface area (Å²) in [5.41, 5.74) is 1.72. The Hall–Kier alpha value is -1.02. The Balaban J connectivity index is 1.94. The van der Waals surface area contributed by atoms with E-state index < -0.39 is 0 Å². The van der Waals surface area contributed by atoms with Crippen molar-refractivity contribution < 1.29 is 0 Å². The van der Waals surface area contributed by atoms with Gasteiger partial charge in [0.25, 0.3) is 0 Å². The van der Waals surface area contributed by atoms with Crippen LogP contribution in [0.4, 0.5) is 5.69 Å². The highest BCUT2D eigenvalue weighted by atomic mass is 79.9. The van der Waals surface area contributed by atoms with E-state index >= 15 is 0 Å². The van der Waals surface area contributed by atoms with Crippen LogP contribution in [0.15, 0.2) is 40.9 Å². The molecule has 1 aliphatic rings. The van der Waals surface area contributed by atoms with Crippen molar-refractivity contribution >= 4 is 32.4 Å². The molecule has 1 fully saturated rings. The fraction of sp³-hybridized carbons (Fsp3) is 0.444. The molecule has 1 saturated carbocycles. The molecule has 3 rings (SSSR count). The van der Waals surface area contributed by atoms with Gasteiger partial charge in [-0.3, -0.25) is 0 Å². The Morgan fingerprint density at radius 2 is 1.75 bits per heavy atom. The predicted octanol–water partition coefficient (Wildman–Crippen LogP) is 5.84. The maximum atomic E-state index is 3.80. The number of hydrogen-bond donors (Lipinski definition) is 1. The molecule has 20 heavy (non-hydrogen) atoms. The lowest BCUT2D eigenvalue weighted by atomic mass is 9.91. The Bertz CT molecular complexity index is 632. The summed E-state index contributed by atoms with van der Waals surface area (Å²) in [5.74, 6) is 0.729. The van der Waals surface area contributed by atoms with Gasteiger partial charge in [-0.2, -0.15) is 0 Å². The number of hydrogen-bond acceptors (Lipinski definition) is 1. The van der Waals surface area contributed by atoms with Gasteiger partial charge < -0.3 is 5.32 Å². The Labute approximate surface area is 129 Å². The van der Waals surface area contributed by atoms with Crippen LogP contribution in [0.2, 0.25) is 0 Å². The summed E-state index contributed by atoms with van der Waals surface area (Å²) in [5, 5.41) is 6.38. The van der Waals surface area contributed by atoms with Crippen LogP contribution in [0.25, 0.3) is 10.8 Å². The van der Waals surface area contributed by atoms with E-state index in [1.54, 1.807) is 0 Å². The molecule has 2 unspecified atom stereocenters. The molecule has 0 bridgehead atoms. The summed E-state index contributed by atoms with van der Waals surface area (Å²) in [4.78, 5) is 0. The van der Waals surface area contributed by atoms with E-state index in [1.165, 1.54) is 33.8 Å². The van der Waals surface area contributed by atoms with Gasteiger partial charge >= 0.3 is 0 Å². The average molecular weight is 332 g/mol. The Kier molecular flexibility index (Phi) is 3.53. The van der Waals surface area contributed by atoms with Crippen molar-refractivity contribution in [2.75, 3.05) is 5.32 Å². The standard InChI is InChI=1S/C18H22BrN/c1-12-10-18(2,3)11-17(12)20-16-9-8-15(19)13-6-4-5-7-14(13)16/h4-9,12,17,20H,10-11H2,1-3H3. The van der Waals surface area contributed by atoms with Crippen molar-refractivity contribution in [3.05, 3.63) is 40.9 Å². The summed E-state index contributed by atoms with van der Waals surface area (Å²) in [6.07, 6.45) is 2.55. The highest BCUT2D eigenvalue weighted by Gasteiger charge is 2.36. The SMILES string of the molecule is CC1CC(C)(C)CC1Nc1ccc(Br)c2ccccc12. The maximum absolute atomic E-state index is 3.80. The smallest absolute Gasteiger partial charge is 0.0422 e. The first kappa shape index (κ1) is 13.9. The van der Waals surface area contributed by atoms with Gasteiger partial charge in [0.15, 0.2) is 0 Å². The molecule has 1 aliphatic carbocycles. The third-order valence-electron chi connectivity index (χ3n) is 4.55. The Morgan fingerprint density at radius 3 is 2.40 bits per heavy atom. The van der Waals surface area contributed by atoms with Crippen LogP contribution in [0.1, 0.15) is 33.6 Å². The van der Waals surface area contributed by atoms with Crippen LogP contribution >= 0.6 is 15.9 Å². The molecule has 2 aromatic carbocycles. The number of anilines is 1. The zero-order valence-electron chi connectivity index (χ0n) is 12.4. The molecular weight excluding hydrogens is 310 g/mol. The molecule has 1 nitrogen and oxygen atoms in total. The normalized spacial score (nSPS) is 25.0. The molecule has 0 aliphatic heterocycles. The van der Waals surface area contributed by atoms with Crippen molar-refractivity contribution in [2.45, 2.75) is 39.7 Å². The summed E-state index contributed by atoms with van der Waals surface area (Å²) in [6, 6.07) is 13.5.